The van der Waals surface area contributed by atoms with Gasteiger partial charge in [-0.25, -0.2) is 14.4 Å². The zero-order valence-electron chi connectivity index (χ0n) is 11.7. The minimum absolute atomic E-state index is 0.282. The van der Waals surface area contributed by atoms with E-state index in [4.69, 9.17) is 0 Å². The van der Waals surface area contributed by atoms with Crippen LogP contribution in [0.1, 0.15) is 11.1 Å². The van der Waals surface area contributed by atoms with Crippen LogP contribution in [0.5, 0.6) is 0 Å². The van der Waals surface area contributed by atoms with E-state index in [-0.39, 0.29) is 11.2 Å². The van der Waals surface area contributed by atoms with Gasteiger partial charge in [-0.3, -0.25) is 0 Å². The van der Waals surface area contributed by atoms with Crippen molar-refractivity contribution in [1.29, 1.82) is 0 Å². The first kappa shape index (κ1) is 15.2. The second-order valence-corrected chi connectivity index (χ2v) is 4.93. The SMILES string of the molecule is Fc1ccc(CNc2ncnc3ccc(C(F)(F)F)cc23)cc1. The van der Waals surface area contributed by atoms with E-state index >= 15 is 0 Å². The molecule has 3 rings (SSSR count). The second-order valence-electron chi connectivity index (χ2n) is 4.93. The van der Waals surface area contributed by atoms with E-state index in [1.165, 1.54) is 24.5 Å². The molecule has 1 aromatic heterocycles. The summed E-state index contributed by atoms with van der Waals surface area (Å²) in [5.74, 6) is -0.0542. The van der Waals surface area contributed by atoms with Crippen LogP contribution in [0.4, 0.5) is 23.4 Å². The number of anilines is 1. The maximum atomic E-state index is 12.9. The van der Waals surface area contributed by atoms with Gasteiger partial charge in [-0.1, -0.05) is 12.1 Å². The zero-order chi connectivity index (χ0) is 16.4. The molecule has 0 aliphatic heterocycles. The Morgan fingerprint density at radius 3 is 2.39 bits per heavy atom. The van der Waals surface area contributed by atoms with Crippen LogP contribution in [-0.4, -0.2) is 9.97 Å². The number of nitrogens with one attached hydrogen (secondary N) is 1. The standard InChI is InChI=1S/C16H11F4N3/c17-12-4-1-10(2-5-12)8-21-15-13-7-11(16(18,19)20)3-6-14(13)22-9-23-15/h1-7,9H,8H2,(H,21,22,23). The minimum atomic E-state index is -4.43. The third kappa shape index (κ3) is 3.39. The van der Waals surface area contributed by atoms with Gasteiger partial charge in [-0.15, -0.1) is 0 Å². The summed E-state index contributed by atoms with van der Waals surface area (Å²) in [5, 5.41) is 3.24. The van der Waals surface area contributed by atoms with E-state index in [0.29, 0.717) is 17.9 Å². The Balaban J connectivity index is 1.91. The Morgan fingerprint density at radius 2 is 1.70 bits per heavy atom. The summed E-state index contributed by atoms with van der Waals surface area (Å²) in [4.78, 5) is 7.96. The van der Waals surface area contributed by atoms with Gasteiger partial charge in [0.05, 0.1) is 11.1 Å². The van der Waals surface area contributed by atoms with Gasteiger partial charge in [0.1, 0.15) is 18.0 Å². The fourth-order valence-electron chi connectivity index (χ4n) is 2.16. The van der Waals surface area contributed by atoms with Gasteiger partial charge in [0.15, 0.2) is 0 Å². The lowest BCUT2D eigenvalue weighted by Gasteiger charge is -2.11. The van der Waals surface area contributed by atoms with Crippen LogP contribution in [0.2, 0.25) is 0 Å². The summed E-state index contributed by atoms with van der Waals surface area (Å²) in [6, 6.07) is 9.12. The van der Waals surface area contributed by atoms with E-state index in [1.807, 2.05) is 0 Å². The number of hydrogen-bond acceptors (Lipinski definition) is 3. The quantitative estimate of drug-likeness (QED) is 0.727. The molecule has 7 heteroatoms. The number of benzene rings is 2. The Hall–Kier alpha value is -2.70. The van der Waals surface area contributed by atoms with Crippen molar-refractivity contribution in [1.82, 2.24) is 9.97 Å². The lowest BCUT2D eigenvalue weighted by atomic mass is 10.1. The third-order valence-corrected chi connectivity index (χ3v) is 3.34. The van der Waals surface area contributed by atoms with E-state index in [1.54, 1.807) is 12.1 Å². The minimum Gasteiger partial charge on any atom is -0.365 e. The molecule has 0 radical (unpaired) electrons. The van der Waals surface area contributed by atoms with Gasteiger partial charge in [0.25, 0.3) is 0 Å². The molecule has 0 saturated carbocycles. The summed E-state index contributed by atoms with van der Waals surface area (Å²) in [6.07, 6.45) is -3.15. The predicted molar refractivity (Wildman–Crippen MR) is 78.3 cm³/mol. The van der Waals surface area contributed by atoms with Gasteiger partial charge >= 0.3 is 6.18 Å². The number of nitrogens with zero attached hydrogens (tertiary/aromatic N) is 2. The molecular weight excluding hydrogens is 310 g/mol. The van der Waals surface area contributed by atoms with Crippen molar-refractivity contribution in [3.05, 3.63) is 65.7 Å². The topological polar surface area (TPSA) is 37.8 Å². The van der Waals surface area contributed by atoms with E-state index < -0.39 is 11.7 Å². The summed E-state index contributed by atoms with van der Waals surface area (Å²) in [5.41, 5.74) is 0.435. The first-order valence-corrected chi connectivity index (χ1v) is 6.74. The average Bonchev–Trinajstić information content (AvgIpc) is 2.53. The van der Waals surface area contributed by atoms with Crippen LogP contribution >= 0.6 is 0 Å². The molecule has 0 spiro atoms. The Kier molecular flexibility index (Phi) is 3.85. The summed E-state index contributed by atoms with van der Waals surface area (Å²) in [6.45, 7) is 0.308. The molecule has 23 heavy (non-hydrogen) atoms. The fraction of sp³-hybridized carbons (Fsp3) is 0.125. The molecule has 0 saturated heterocycles. The Morgan fingerprint density at radius 1 is 0.957 bits per heavy atom. The first-order chi connectivity index (χ1) is 10.9. The van der Waals surface area contributed by atoms with Gasteiger partial charge in [-0.05, 0) is 35.9 Å². The van der Waals surface area contributed by atoms with Gasteiger partial charge in [-0.2, -0.15) is 13.2 Å². The second kappa shape index (κ2) is 5.83. The molecule has 0 aliphatic rings. The molecule has 118 valence electrons. The molecule has 0 bridgehead atoms. The van der Waals surface area contributed by atoms with Crippen molar-refractivity contribution in [2.24, 2.45) is 0 Å². The van der Waals surface area contributed by atoms with Crippen LogP contribution < -0.4 is 5.32 Å². The Bertz CT molecular complexity index is 829. The van der Waals surface area contributed by atoms with E-state index in [9.17, 15) is 17.6 Å². The van der Waals surface area contributed by atoms with Crippen molar-refractivity contribution in [2.75, 3.05) is 5.32 Å². The highest BCUT2D eigenvalue weighted by Gasteiger charge is 2.30. The molecule has 0 unspecified atom stereocenters. The number of hydrogen-bond donors (Lipinski definition) is 1. The van der Waals surface area contributed by atoms with Crippen LogP contribution in [0.25, 0.3) is 10.9 Å². The summed E-state index contributed by atoms with van der Waals surface area (Å²) >= 11 is 0. The lowest BCUT2D eigenvalue weighted by molar-refractivity contribution is -0.137. The van der Waals surface area contributed by atoms with Crippen LogP contribution in [0.15, 0.2) is 48.8 Å². The van der Waals surface area contributed by atoms with Crippen LogP contribution in [-0.2, 0) is 12.7 Å². The average molecular weight is 321 g/mol. The monoisotopic (exact) mass is 321 g/mol. The maximum absolute atomic E-state index is 12.9. The number of rotatable bonds is 3. The van der Waals surface area contributed by atoms with Gasteiger partial charge in [0, 0.05) is 11.9 Å². The third-order valence-electron chi connectivity index (χ3n) is 3.34. The van der Waals surface area contributed by atoms with Crippen molar-refractivity contribution < 1.29 is 17.6 Å². The molecule has 0 amide bonds. The molecule has 0 fully saturated rings. The highest BCUT2D eigenvalue weighted by Crippen LogP contribution is 2.32. The molecule has 3 nitrogen and oxygen atoms in total. The van der Waals surface area contributed by atoms with E-state index in [0.717, 1.165) is 17.7 Å². The van der Waals surface area contributed by atoms with E-state index in [2.05, 4.69) is 15.3 Å². The van der Waals surface area contributed by atoms with Gasteiger partial charge < -0.3 is 5.32 Å². The highest BCUT2D eigenvalue weighted by molar-refractivity contribution is 5.89. The maximum Gasteiger partial charge on any atom is 0.416 e. The predicted octanol–water partition coefficient (Wildman–Crippen LogP) is 4.40. The summed E-state index contributed by atoms with van der Waals surface area (Å²) < 4.78 is 51.4. The molecule has 3 aromatic rings. The largest absolute Gasteiger partial charge is 0.416 e. The molecule has 0 atom stereocenters. The summed E-state index contributed by atoms with van der Waals surface area (Å²) in [7, 11) is 0. The van der Waals surface area contributed by atoms with Crippen molar-refractivity contribution >= 4 is 16.7 Å². The fourth-order valence-corrected chi connectivity index (χ4v) is 2.16. The molecule has 2 aromatic carbocycles. The normalized spacial score (nSPS) is 11.7. The highest BCUT2D eigenvalue weighted by atomic mass is 19.4. The lowest BCUT2D eigenvalue weighted by Crippen LogP contribution is -2.06. The van der Waals surface area contributed by atoms with Crippen molar-refractivity contribution in [3.8, 4) is 0 Å². The zero-order valence-corrected chi connectivity index (χ0v) is 11.7. The first-order valence-electron chi connectivity index (χ1n) is 6.74. The smallest absolute Gasteiger partial charge is 0.365 e. The molecule has 0 aliphatic carbocycles. The van der Waals surface area contributed by atoms with Crippen LogP contribution in [0.3, 0.4) is 0 Å². The van der Waals surface area contributed by atoms with Crippen molar-refractivity contribution in [3.63, 3.8) is 0 Å². The number of halogens is 4. The van der Waals surface area contributed by atoms with Crippen molar-refractivity contribution in [2.45, 2.75) is 12.7 Å². The van der Waals surface area contributed by atoms with Crippen LogP contribution in [0, 0.1) is 5.82 Å². The number of aromatic nitrogens is 2. The Labute approximate surface area is 129 Å². The molecule has 1 heterocycles. The molecule has 1 N–H and O–H groups in total. The number of fused-ring (bicyclic) bond motifs is 1. The molecular formula is C16H11F4N3. The number of alkyl halides is 3. The van der Waals surface area contributed by atoms with Gasteiger partial charge in [0.2, 0.25) is 0 Å².